The number of aromatic hydroxyl groups is 1. The summed E-state index contributed by atoms with van der Waals surface area (Å²) in [7, 11) is 0. The summed E-state index contributed by atoms with van der Waals surface area (Å²) < 4.78 is 0. The zero-order valence-corrected chi connectivity index (χ0v) is 11.7. The van der Waals surface area contributed by atoms with Crippen LogP contribution < -0.4 is 10.7 Å². The Morgan fingerprint density at radius 1 is 1.10 bits per heavy atom. The second-order valence-electron chi connectivity index (χ2n) is 4.32. The maximum atomic E-state index is 12.1. The summed E-state index contributed by atoms with van der Waals surface area (Å²) >= 11 is 2.99. The van der Waals surface area contributed by atoms with Gasteiger partial charge < -0.3 is 10.1 Å². The van der Waals surface area contributed by atoms with Gasteiger partial charge >= 0.3 is 0 Å². The molecule has 4 nitrogen and oxygen atoms in total. The molecule has 0 radical (unpaired) electrons. The van der Waals surface area contributed by atoms with Crippen molar-refractivity contribution >= 4 is 34.2 Å². The third kappa shape index (κ3) is 1.52. The average Bonchev–Trinajstić information content (AvgIpc) is 3.13. The SMILES string of the molecule is O=C1N=c2c(-c3cccs3)c(O)[nH]c2=C1c1cccs1. The summed E-state index contributed by atoms with van der Waals surface area (Å²) in [5, 5.41) is 15.1. The summed E-state index contributed by atoms with van der Waals surface area (Å²) in [5.74, 6) is -0.200. The van der Waals surface area contributed by atoms with Crippen molar-refractivity contribution in [1.29, 1.82) is 0 Å². The zero-order chi connectivity index (χ0) is 13.7. The number of hydrogen-bond donors (Lipinski definition) is 2. The molecule has 4 heterocycles. The molecule has 0 saturated carbocycles. The lowest BCUT2D eigenvalue weighted by molar-refractivity contribution is -0.112. The molecule has 4 rings (SSSR count). The van der Waals surface area contributed by atoms with E-state index in [2.05, 4.69) is 9.98 Å². The molecule has 6 heteroatoms. The Balaban J connectivity index is 2.10. The van der Waals surface area contributed by atoms with Crippen LogP contribution in [0.15, 0.2) is 40.0 Å². The van der Waals surface area contributed by atoms with Gasteiger partial charge in [0.15, 0.2) is 5.88 Å². The third-order valence-corrected chi connectivity index (χ3v) is 4.94. The molecule has 0 unspecified atom stereocenters. The highest BCUT2D eigenvalue weighted by Gasteiger charge is 2.25. The van der Waals surface area contributed by atoms with E-state index in [-0.39, 0.29) is 11.8 Å². The lowest BCUT2D eigenvalue weighted by Crippen LogP contribution is -2.22. The molecular weight excluding hydrogens is 292 g/mol. The molecule has 0 aromatic carbocycles. The van der Waals surface area contributed by atoms with Gasteiger partial charge in [0.25, 0.3) is 5.91 Å². The number of nitrogens with zero attached hydrogens (tertiary/aromatic N) is 1. The minimum absolute atomic E-state index is 0.0581. The second kappa shape index (κ2) is 4.16. The maximum absolute atomic E-state index is 12.1. The maximum Gasteiger partial charge on any atom is 0.281 e. The van der Waals surface area contributed by atoms with Crippen molar-refractivity contribution in [3.8, 4) is 16.3 Å². The van der Waals surface area contributed by atoms with Crippen molar-refractivity contribution in [3.63, 3.8) is 0 Å². The first-order valence-corrected chi connectivity index (χ1v) is 7.67. The molecular formula is C14H8N2O2S2. The Kier molecular flexibility index (Phi) is 2.42. The van der Waals surface area contributed by atoms with Crippen LogP contribution in [-0.2, 0) is 4.79 Å². The summed E-state index contributed by atoms with van der Waals surface area (Å²) in [6, 6.07) is 7.57. The number of aromatic nitrogens is 1. The van der Waals surface area contributed by atoms with Gasteiger partial charge in [0, 0.05) is 9.75 Å². The first kappa shape index (κ1) is 11.6. The van der Waals surface area contributed by atoms with Crippen LogP contribution in [0.4, 0.5) is 0 Å². The predicted octanol–water partition coefficient (Wildman–Crippen LogP) is 1.87. The van der Waals surface area contributed by atoms with E-state index in [1.54, 1.807) is 0 Å². The summed E-state index contributed by atoms with van der Waals surface area (Å²) in [4.78, 5) is 20.9. The van der Waals surface area contributed by atoms with E-state index >= 15 is 0 Å². The lowest BCUT2D eigenvalue weighted by Gasteiger charge is -1.95. The number of carbonyl (C=O) groups excluding carboxylic acids is 1. The molecule has 1 aliphatic heterocycles. The molecule has 1 aliphatic rings. The van der Waals surface area contributed by atoms with Crippen molar-refractivity contribution in [2.75, 3.05) is 0 Å². The summed E-state index contributed by atoms with van der Waals surface area (Å²) in [6.07, 6.45) is 0. The Bertz CT molecular complexity index is 919. The smallest absolute Gasteiger partial charge is 0.281 e. The van der Waals surface area contributed by atoms with Crippen LogP contribution in [-0.4, -0.2) is 16.0 Å². The molecule has 2 N–H and O–H groups in total. The lowest BCUT2D eigenvalue weighted by atomic mass is 10.2. The molecule has 0 spiro atoms. The molecule has 20 heavy (non-hydrogen) atoms. The average molecular weight is 300 g/mol. The number of nitrogens with one attached hydrogen (secondary N) is 1. The van der Waals surface area contributed by atoms with E-state index in [0.717, 1.165) is 9.75 Å². The number of aromatic amines is 1. The van der Waals surface area contributed by atoms with Gasteiger partial charge in [0.2, 0.25) is 0 Å². The van der Waals surface area contributed by atoms with E-state index < -0.39 is 0 Å². The molecule has 0 atom stereocenters. The zero-order valence-electron chi connectivity index (χ0n) is 10.1. The highest BCUT2D eigenvalue weighted by Crippen LogP contribution is 2.29. The van der Waals surface area contributed by atoms with Gasteiger partial charge in [-0.25, -0.2) is 4.99 Å². The van der Waals surface area contributed by atoms with Crippen LogP contribution in [0.25, 0.3) is 16.0 Å². The molecule has 0 bridgehead atoms. The van der Waals surface area contributed by atoms with Gasteiger partial charge in [0.1, 0.15) is 5.36 Å². The predicted molar refractivity (Wildman–Crippen MR) is 78.4 cm³/mol. The first-order valence-electron chi connectivity index (χ1n) is 5.92. The van der Waals surface area contributed by atoms with E-state index in [0.29, 0.717) is 21.8 Å². The molecule has 3 aromatic rings. The normalized spacial score (nSPS) is 13.6. The van der Waals surface area contributed by atoms with Gasteiger partial charge in [-0.2, -0.15) is 0 Å². The highest BCUT2D eigenvalue weighted by atomic mass is 32.1. The van der Waals surface area contributed by atoms with Crippen LogP contribution in [0.1, 0.15) is 4.88 Å². The Morgan fingerprint density at radius 2 is 1.80 bits per heavy atom. The van der Waals surface area contributed by atoms with E-state index in [1.807, 2.05) is 35.0 Å². The highest BCUT2D eigenvalue weighted by molar-refractivity contribution is 7.13. The number of rotatable bonds is 2. The number of hydrogen-bond acceptors (Lipinski definition) is 4. The van der Waals surface area contributed by atoms with Crippen molar-refractivity contribution < 1.29 is 9.90 Å². The minimum atomic E-state index is -0.258. The molecule has 0 fully saturated rings. The standard InChI is InChI=1S/C14H8N2O2S2/c17-13-9(7-3-1-5-19-7)11-12(16-13)10(14(18)15-11)8-4-2-6-20-8/h1-6,15,18H. The van der Waals surface area contributed by atoms with Gasteiger partial charge in [-0.3, -0.25) is 4.79 Å². The largest absolute Gasteiger partial charge is 0.494 e. The number of fused-ring (bicyclic) bond motifs is 1. The Morgan fingerprint density at radius 3 is 2.45 bits per heavy atom. The second-order valence-corrected chi connectivity index (χ2v) is 6.21. The molecule has 98 valence electrons. The van der Waals surface area contributed by atoms with Crippen molar-refractivity contribution in [2.45, 2.75) is 0 Å². The number of amides is 1. The van der Waals surface area contributed by atoms with Crippen LogP contribution in [0.5, 0.6) is 5.88 Å². The molecule has 1 amide bonds. The first-order chi connectivity index (χ1) is 9.75. The molecule has 3 aromatic heterocycles. The van der Waals surface area contributed by atoms with Crippen LogP contribution in [0.2, 0.25) is 0 Å². The fourth-order valence-corrected chi connectivity index (χ4v) is 3.88. The van der Waals surface area contributed by atoms with Crippen LogP contribution >= 0.6 is 22.7 Å². The van der Waals surface area contributed by atoms with Gasteiger partial charge in [-0.1, -0.05) is 12.1 Å². The minimum Gasteiger partial charge on any atom is -0.494 e. The van der Waals surface area contributed by atoms with Crippen LogP contribution in [0, 0.1) is 0 Å². The third-order valence-electron chi connectivity index (χ3n) is 3.17. The molecule has 0 aliphatic carbocycles. The Hall–Kier alpha value is -2.18. The number of H-pyrrole nitrogens is 1. The summed E-state index contributed by atoms with van der Waals surface area (Å²) in [5.41, 5.74) is 1.14. The monoisotopic (exact) mass is 300 g/mol. The fourth-order valence-electron chi connectivity index (χ4n) is 2.34. The van der Waals surface area contributed by atoms with E-state index in [1.165, 1.54) is 22.7 Å². The van der Waals surface area contributed by atoms with E-state index in [4.69, 9.17) is 0 Å². The van der Waals surface area contributed by atoms with Crippen molar-refractivity contribution in [2.24, 2.45) is 4.99 Å². The Labute approximate surface area is 121 Å². The van der Waals surface area contributed by atoms with Crippen molar-refractivity contribution in [1.82, 2.24) is 4.98 Å². The topological polar surface area (TPSA) is 65.4 Å². The van der Waals surface area contributed by atoms with Gasteiger partial charge in [0.05, 0.1) is 16.5 Å². The quantitative estimate of drug-likeness (QED) is 0.759. The van der Waals surface area contributed by atoms with Crippen molar-refractivity contribution in [3.05, 3.63) is 50.6 Å². The molecule has 0 saturated heterocycles. The van der Waals surface area contributed by atoms with Gasteiger partial charge in [-0.15, -0.1) is 22.7 Å². The van der Waals surface area contributed by atoms with Crippen LogP contribution in [0.3, 0.4) is 0 Å². The fraction of sp³-hybridized carbons (Fsp3) is 0. The van der Waals surface area contributed by atoms with Gasteiger partial charge in [-0.05, 0) is 22.9 Å². The number of carbonyl (C=O) groups is 1. The van der Waals surface area contributed by atoms with E-state index in [9.17, 15) is 9.90 Å². The number of thiophene rings is 2. The summed E-state index contributed by atoms with van der Waals surface area (Å²) in [6.45, 7) is 0.